The summed E-state index contributed by atoms with van der Waals surface area (Å²) in [6.07, 6.45) is 5.46. The fourth-order valence-corrected chi connectivity index (χ4v) is 2.78. The summed E-state index contributed by atoms with van der Waals surface area (Å²) in [4.78, 5) is 0. The highest BCUT2D eigenvalue weighted by Gasteiger charge is 2.40. The number of rotatable bonds is 6. The minimum atomic E-state index is 0.617. The second-order valence-corrected chi connectivity index (χ2v) is 5.86. The lowest BCUT2D eigenvalue weighted by atomic mass is 10.0. The highest BCUT2D eigenvalue weighted by atomic mass is 35.5. The van der Waals surface area contributed by atoms with E-state index < -0.39 is 0 Å². The molecule has 0 saturated heterocycles. The summed E-state index contributed by atoms with van der Waals surface area (Å²) in [5, 5.41) is 4.45. The van der Waals surface area contributed by atoms with E-state index in [-0.39, 0.29) is 0 Å². The van der Waals surface area contributed by atoms with Gasteiger partial charge in [0.25, 0.3) is 0 Å². The first-order valence-electron chi connectivity index (χ1n) is 6.61. The summed E-state index contributed by atoms with van der Waals surface area (Å²) in [6, 6.07) is 6.30. The molecule has 0 unspecified atom stereocenters. The molecule has 0 radical (unpaired) electrons. The Kier molecular flexibility index (Phi) is 4.11. The molecule has 0 heterocycles. The van der Waals surface area contributed by atoms with Crippen molar-refractivity contribution < 1.29 is 0 Å². The Labute approximate surface area is 110 Å². The first kappa shape index (κ1) is 12.9. The highest BCUT2D eigenvalue weighted by molar-refractivity contribution is 6.31. The van der Waals surface area contributed by atoms with Gasteiger partial charge in [-0.1, -0.05) is 37.1 Å². The average molecular weight is 252 g/mol. The Morgan fingerprint density at radius 1 is 1.35 bits per heavy atom. The molecule has 0 aliphatic heterocycles. The predicted octanol–water partition coefficient (Wildman–Crippen LogP) is 4.32. The first-order chi connectivity index (χ1) is 8.15. The Hall–Kier alpha value is -0.530. The lowest BCUT2D eigenvalue weighted by Crippen LogP contribution is -2.23. The molecular weight excluding hydrogens is 230 g/mol. The number of benzene rings is 1. The predicted molar refractivity (Wildman–Crippen MR) is 74.5 cm³/mol. The average Bonchev–Trinajstić information content (AvgIpc) is 3.02. The van der Waals surface area contributed by atoms with Crippen LogP contribution < -0.4 is 5.32 Å². The van der Waals surface area contributed by atoms with E-state index in [1.165, 1.54) is 36.8 Å². The summed E-state index contributed by atoms with van der Waals surface area (Å²) >= 11 is 6.22. The van der Waals surface area contributed by atoms with Crippen LogP contribution in [0.2, 0.25) is 5.02 Å². The van der Waals surface area contributed by atoms with E-state index in [1.807, 2.05) is 6.07 Å². The van der Waals surface area contributed by atoms with Crippen molar-refractivity contribution in [3.8, 4) is 0 Å². The molecule has 1 fully saturated rings. The van der Waals surface area contributed by atoms with Gasteiger partial charge >= 0.3 is 0 Å². The van der Waals surface area contributed by atoms with Gasteiger partial charge in [-0.15, -0.1) is 0 Å². The monoisotopic (exact) mass is 251 g/mol. The van der Waals surface area contributed by atoms with Gasteiger partial charge in [-0.2, -0.15) is 0 Å². The number of hydrogen-bond donors (Lipinski definition) is 1. The highest BCUT2D eigenvalue weighted by Crippen LogP contribution is 2.48. The zero-order valence-corrected chi connectivity index (χ0v) is 11.6. The zero-order valence-electron chi connectivity index (χ0n) is 10.9. The van der Waals surface area contributed by atoms with Gasteiger partial charge in [-0.3, -0.25) is 0 Å². The van der Waals surface area contributed by atoms with Crippen molar-refractivity contribution in [1.82, 2.24) is 5.32 Å². The molecule has 0 bridgehead atoms. The Morgan fingerprint density at radius 2 is 2.12 bits per heavy atom. The minimum Gasteiger partial charge on any atom is -0.312 e. The fourth-order valence-electron chi connectivity index (χ4n) is 2.48. The SMILES string of the molecule is CCCC1(CNCc2ccc(C)cc2Cl)CC1. The molecule has 0 amide bonds. The normalized spacial score (nSPS) is 17.1. The molecule has 0 aromatic heterocycles. The molecule has 1 aromatic rings. The molecule has 1 N–H and O–H groups in total. The maximum Gasteiger partial charge on any atom is 0.0453 e. The summed E-state index contributed by atoms with van der Waals surface area (Å²) in [6.45, 7) is 6.38. The molecule has 94 valence electrons. The summed E-state index contributed by atoms with van der Waals surface area (Å²) in [5.74, 6) is 0. The van der Waals surface area contributed by atoms with Crippen LogP contribution in [0.4, 0.5) is 0 Å². The molecule has 0 atom stereocenters. The van der Waals surface area contributed by atoms with Crippen LogP contribution in [0.15, 0.2) is 18.2 Å². The summed E-state index contributed by atoms with van der Waals surface area (Å²) < 4.78 is 0. The van der Waals surface area contributed by atoms with Gasteiger partial charge in [0.2, 0.25) is 0 Å². The van der Waals surface area contributed by atoms with E-state index in [2.05, 4.69) is 31.3 Å². The molecule has 1 aromatic carbocycles. The second-order valence-electron chi connectivity index (χ2n) is 5.45. The van der Waals surface area contributed by atoms with Crippen LogP contribution in [0.3, 0.4) is 0 Å². The van der Waals surface area contributed by atoms with Crippen LogP contribution in [-0.2, 0) is 6.54 Å². The molecule has 17 heavy (non-hydrogen) atoms. The van der Waals surface area contributed by atoms with Crippen LogP contribution in [0.1, 0.15) is 43.7 Å². The van der Waals surface area contributed by atoms with Crippen molar-refractivity contribution in [2.24, 2.45) is 5.41 Å². The van der Waals surface area contributed by atoms with Crippen LogP contribution in [-0.4, -0.2) is 6.54 Å². The van der Waals surface area contributed by atoms with E-state index >= 15 is 0 Å². The van der Waals surface area contributed by atoms with E-state index in [0.717, 1.165) is 18.1 Å². The van der Waals surface area contributed by atoms with Gasteiger partial charge < -0.3 is 5.32 Å². The van der Waals surface area contributed by atoms with Crippen molar-refractivity contribution in [3.05, 3.63) is 34.3 Å². The second kappa shape index (κ2) is 5.41. The fraction of sp³-hybridized carbons (Fsp3) is 0.600. The van der Waals surface area contributed by atoms with Crippen LogP contribution in [0.25, 0.3) is 0 Å². The molecule has 1 aliphatic carbocycles. The van der Waals surface area contributed by atoms with Gasteiger partial charge in [0, 0.05) is 18.1 Å². The van der Waals surface area contributed by atoms with Crippen LogP contribution in [0.5, 0.6) is 0 Å². The van der Waals surface area contributed by atoms with Gasteiger partial charge in [-0.05, 0) is 48.8 Å². The summed E-state index contributed by atoms with van der Waals surface area (Å²) in [5.41, 5.74) is 3.05. The molecule has 0 spiro atoms. The Morgan fingerprint density at radius 3 is 2.71 bits per heavy atom. The van der Waals surface area contributed by atoms with Crippen molar-refractivity contribution in [1.29, 1.82) is 0 Å². The third kappa shape index (κ3) is 3.46. The maximum atomic E-state index is 6.22. The van der Waals surface area contributed by atoms with Crippen LogP contribution >= 0.6 is 11.6 Å². The topological polar surface area (TPSA) is 12.0 Å². The van der Waals surface area contributed by atoms with E-state index in [4.69, 9.17) is 11.6 Å². The standard InChI is InChI=1S/C15H22ClN/c1-3-6-15(7-8-15)11-17-10-13-5-4-12(2)9-14(13)16/h4-5,9,17H,3,6-8,10-11H2,1-2H3. The number of hydrogen-bond acceptors (Lipinski definition) is 1. The Balaban J connectivity index is 1.82. The lowest BCUT2D eigenvalue weighted by molar-refractivity contribution is 0.421. The van der Waals surface area contributed by atoms with Gasteiger partial charge in [0.05, 0.1) is 0 Å². The Bertz CT molecular complexity index is 383. The van der Waals surface area contributed by atoms with Crippen LogP contribution in [0, 0.1) is 12.3 Å². The number of aryl methyl sites for hydroxylation is 1. The molecule has 1 nitrogen and oxygen atoms in total. The summed E-state index contributed by atoms with van der Waals surface area (Å²) in [7, 11) is 0. The molecule has 2 rings (SSSR count). The third-order valence-corrected chi connectivity index (χ3v) is 4.11. The van der Waals surface area contributed by atoms with Crippen molar-refractivity contribution in [2.75, 3.05) is 6.54 Å². The first-order valence-corrected chi connectivity index (χ1v) is 6.99. The molecule has 2 heteroatoms. The van der Waals surface area contributed by atoms with Crippen molar-refractivity contribution >= 4 is 11.6 Å². The van der Waals surface area contributed by atoms with Crippen molar-refractivity contribution in [2.45, 2.75) is 46.1 Å². The van der Waals surface area contributed by atoms with E-state index in [1.54, 1.807) is 0 Å². The molecular formula is C15H22ClN. The minimum absolute atomic E-state index is 0.617. The molecule has 1 aliphatic rings. The molecule has 1 saturated carbocycles. The maximum absolute atomic E-state index is 6.22. The lowest BCUT2D eigenvalue weighted by Gasteiger charge is -2.15. The quantitative estimate of drug-likeness (QED) is 0.794. The number of nitrogens with one attached hydrogen (secondary N) is 1. The van der Waals surface area contributed by atoms with Gasteiger partial charge in [-0.25, -0.2) is 0 Å². The largest absolute Gasteiger partial charge is 0.312 e. The van der Waals surface area contributed by atoms with E-state index in [0.29, 0.717) is 5.41 Å². The smallest absolute Gasteiger partial charge is 0.0453 e. The third-order valence-electron chi connectivity index (χ3n) is 3.76. The number of halogens is 1. The zero-order chi connectivity index (χ0) is 12.3. The van der Waals surface area contributed by atoms with Gasteiger partial charge in [0.15, 0.2) is 0 Å². The van der Waals surface area contributed by atoms with Crippen molar-refractivity contribution in [3.63, 3.8) is 0 Å². The van der Waals surface area contributed by atoms with E-state index in [9.17, 15) is 0 Å². The van der Waals surface area contributed by atoms with Gasteiger partial charge in [0.1, 0.15) is 0 Å².